The van der Waals surface area contributed by atoms with Crippen LogP contribution in [-0.4, -0.2) is 24.3 Å². The lowest BCUT2D eigenvalue weighted by Crippen LogP contribution is -2.35. The van der Waals surface area contributed by atoms with Crippen LogP contribution in [-0.2, 0) is 0 Å². The molecule has 2 N–H and O–H groups in total. The number of hydrogen-bond acceptors (Lipinski definition) is 3. The summed E-state index contributed by atoms with van der Waals surface area (Å²) >= 11 is 0. The average Bonchev–Trinajstić information content (AvgIpc) is 2.46. The highest BCUT2D eigenvalue weighted by Crippen LogP contribution is 2.24. The van der Waals surface area contributed by atoms with Crippen LogP contribution in [0.25, 0.3) is 0 Å². The van der Waals surface area contributed by atoms with Crippen molar-refractivity contribution in [2.24, 2.45) is 5.92 Å². The molecular weight excluding hydrogens is 276 g/mol. The Bertz CT molecular complexity index is 417. The van der Waals surface area contributed by atoms with Crippen LogP contribution in [0.5, 0.6) is 5.75 Å². The third-order valence-electron chi connectivity index (χ3n) is 4.11. The van der Waals surface area contributed by atoms with Crippen molar-refractivity contribution >= 4 is 0 Å². The summed E-state index contributed by atoms with van der Waals surface area (Å²) in [5, 5.41) is 13.5. The quantitative estimate of drug-likeness (QED) is 0.845. The summed E-state index contributed by atoms with van der Waals surface area (Å²) < 4.78 is 28.4. The van der Waals surface area contributed by atoms with Crippen LogP contribution in [0.15, 0.2) is 24.3 Å². The molecule has 0 radical (unpaired) electrons. The van der Waals surface area contributed by atoms with Gasteiger partial charge in [0.2, 0.25) is 0 Å². The number of benzene rings is 1. The fourth-order valence-electron chi connectivity index (χ4n) is 2.73. The first-order valence-electron chi connectivity index (χ1n) is 7.51. The van der Waals surface area contributed by atoms with E-state index in [1.165, 1.54) is 25.0 Å². The molecule has 1 aliphatic rings. The van der Waals surface area contributed by atoms with E-state index in [9.17, 15) is 13.9 Å². The second kappa shape index (κ2) is 7.71. The van der Waals surface area contributed by atoms with Crippen LogP contribution in [0.2, 0.25) is 0 Å². The average molecular weight is 299 g/mol. The van der Waals surface area contributed by atoms with E-state index in [4.69, 9.17) is 0 Å². The number of nitrogens with one attached hydrogen (secondary N) is 1. The van der Waals surface area contributed by atoms with E-state index in [2.05, 4.69) is 17.0 Å². The largest absolute Gasteiger partial charge is 0.435 e. The van der Waals surface area contributed by atoms with Crippen molar-refractivity contribution in [2.75, 3.05) is 6.54 Å². The lowest BCUT2D eigenvalue weighted by molar-refractivity contribution is -0.0498. The summed E-state index contributed by atoms with van der Waals surface area (Å²) in [5.74, 6) is 0.908. The van der Waals surface area contributed by atoms with E-state index < -0.39 is 12.7 Å². The maximum Gasteiger partial charge on any atom is 0.387 e. The van der Waals surface area contributed by atoms with Crippen molar-refractivity contribution in [3.8, 4) is 5.75 Å². The summed E-state index contributed by atoms with van der Waals surface area (Å²) in [4.78, 5) is 0. The first-order chi connectivity index (χ1) is 10.0. The second-order valence-electron chi connectivity index (χ2n) is 5.83. The summed E-state index contributed by atoms with van der Waals surface area (Å²) in [5.41, 5.74) is 0.702. The number of aliphatic hydroxyl groups is 1. The van der Waals surface area contributed by atoms with E-state index in [0.29, 0.717) is 18.2 Å². The minimum Gasteiger partial charge on any atom is -0.435 e. The van der Waals surface area contributed by atoms with Gasteiger partial charge in [0.05, 0.1) is 6.10 Å². The fourth-order valence-corrected chi connectivity index (χ4v) is 2.73. The zero-order chi connectivity index (χ0) is 15.2. The van der Waals surface area contributed by atoms with E-state index in [0.717, 1.165) is 18.8 Å². The molecule has 118 valence electrons. The molecule has 0 spiro atoms. The molecule has 1 atom stereocenters. The molecule has 1 aliphatic carbocycles. The number of ether oxygens (including phenoxy) is 1. The van der Waals surface area contributed by atoms with Gasteiger partial charge in [-0.15, -0.1) is 0 Å². The van der Waals surface area contributed by atoms with Crippen molar-refractivity contribution in [1.82, 2.24) is 5.32 Å². The van der Waals surface area contributed by atoms with Crippen molar-refractivity contribution in [1.29, 1.82) is 0 Å². The maximum absolute atomic E-state index is 12.1. The van der Waals surface area contributed by atoms with Gasteiger partial charge in [-0.25, -0.2) is 0 Å². The lowest BCUT2D eigenvalue weighted by Gasteiger charge is -2.28. The van der Waals surface area contributed by atoms with Gasteiger partial charge in [0.25, 0.3) is 0 Å². The summed E-state index contributed by atoms with van der Waals surface area (Å²) in [6.45, 7) is -0.0709. The number of rotatable bonds is 6. The Balaban J connectivity index is 1.78. The molecule has 1 aromatic carbocycles. The van der Waals surface area contributed by atoms with Gasteiger partial charge >= 0.3 is 6.61 Å². The van der Waals surface area contributed by atoms with E-state index in [1.54, 1.807) is 12.1 Å². The zero-order valence-electron chi connectivity index (χ0n) is 12.3. The van der Waals surface area contributed by atoms with Gasteiger partial charge in [-0.3, -0.25) is 0 Å². The number of alkyl halides is 2. The predicted octanol–water partition coefficient (Wildman–Crippen LogP) is 3.49. The topological polar surface area (TPSA) is 41.5 Å². The third-order valence-corrected chi connectivity index (χ3v) is 4.11. The van der Waals surface area contributed by atoms with Gasteiger partial charge in [0.1, 0.15) is 5.75 Å². The third kappa shape index (κ3) is 5.25. The molecule has 1 unspecified atom stereocenters. The minimum absolute atomic E-state index is 0.107. The molecule has 0 aliphatic heterocycles. The Kier molecular flexibility index (Phi) is 5.94. The number of hydrogen-bond donors (Lipinski definition) is 2. The van der Waals surface area contributed by atoms with Gasteiger partial charge in [-0.1, -0.05) is 19.1 Å². The van der Waals surface area contributed by atoms with Crippen molar-refractivity contribution in [3.63, 3.8) is 0 Å². The number of halogens is 2. The van der Waals surface area contributed by atoms with Crippen molar-refractivity contribution < 1.29 is 18.6 Å². The summed E-state index contributed by atoms with van der Waals surface area (Å²) in [6.07, 6.45) is 4.12. The first-order valence-corrected chi connectivity index (χ1v) is 7.51. The minimum atomic E-state index is -2.82. The molecule has 0 bridgehead atoms. The van der Waals surface area contributed by atoms with Gasteiger partial charge in [-0.05, 0) is 49.3 Å². The molecular formula is C16H23F2NO2. The second-order valence-corrected chi connectivity index (χ2v) is 5.83. The van der Waals surface area contributed by atoms with Gasteiger partial charge in [0, 0.05) is 12.6 Å². The Hall–Kier alpha value is -1.20. The van der Waals surface area contributed by atoms with Crippen molar-refractivity contribution in [2.45, 2.75) is 51.4 Å². The van der Waals surface area contributed by atoms with Crippen LogP contribution in [0, 0.1) is 5.92 Å². The maximum atomic E-state index is 12.1. The molecule has 0 amide bonds. The van der Waals surface area contributed by atoms with Crippen molar-refractivity contribution in [3.05, 3.63) is 29.8 Å². The summed E-state index contributed by atoms with van der Waals surface area (Å²) in [7, 11) is 0. The Morgan fingerprint density at radius 3 is 2.38 bits per heavy atom. The molecule has 1 fully saturated rings. The SMILES string of the molecule is CC1CCC(NCC(O)c2ccc(OC(F)F)cc2)CC1. The van der Waals surface area contributed by atoms with Crippen LogP contribution in [0.3, 0.4) is 0 Å². The summed E-state index contributed by atoms with van der Waals surface area (Å²) in [6, 6.07) is 6.61. The molecule has 3 nitrogen and oxygen atoms in total. The Morgan fingerprint density at radius 2 is 1.81 bits per heavy atom. The van der Waals surface area contributed by atoms with E-state index >= 15 is 0 Å². The van der Waals surface area contributed by atoms with Gasteiger partial charge < -0.3 is 15.2 Å². The molecule has 0 saturated heterocycles. The van der Waals surface area contributed by atoms with Gasteiger partial charge in [-0.2, -0.15) is 8.78 Å². The molecule has 1 aromatic rings. The van der Waals surface area contributed by atoms with Crippen LogP contribution in [0.4, 0.5) is 8.78 Å². The Morgan fingerprint density at radius 1 is 1.19 bits per heavy atom. The monoisotopic (exact) mass is 299 g/mol. The first kappa shape index (κ1) is 16.2. The van der Waals surface area contributed by atoms with Crippen LogP contribution in [0.1, 0.15) is 44.3 Å². The normalized spacial score (nSPS) is 24.0. The van der Waals surface area contributed by atoms with Crippen LogP contribution < -0.4 is 10.1 Å². The van der Waals surface area contributed by atoms with Gasteiger partial charge in [0.15, 0.2) is 0 Å². The van der Waals surface area contributed by atoms with Crippen LogP contribution >= 0.6 is 0 Å². The Labute approximate surface area is 124 Å². The smallest absolute Gasteiger partial charge is 0.387 e. The van der Waals surface area contributed by atoms with E-state index in [-0.39, 0.29) is 5.75 Å². The molecule has 21 heavy (non-hydrogen) atoms. The standard InChI is InChI=1S/C16H23F2NO2/c1-11-2-6-13(7-3-11)19-10-15(20)12-4-8-14(9-5-12)21-16(17)18/h4-5,8-9,11,13,15-16,19-20H,2-3,6-7,10H2,1H3. The van der Waals surface area contributed by atoms with E-state index in [1.807, 2.05) is 0 Å². The highest BCUT2D eigenvalue weighted by atomic mass is 19.3. The molecule has 1 saturated carbocycles. The zero-order valence-corrected chi connectivity index (χ0v) is 12.3. The fraction of sp³-hybridized carbons (Fsp3) is 0.625. The molecule has 2 rings (SSSR count). The highest BCUT2D eigenvalue weighted by Gasteiger charge is 2.19. The number of aliphatic hydroxyl groups excluding tert-OH is 1. The molecule has 0 aromatic heterocycles. The predicted molar refractivity (Wildman–Crippen MR) is 77.5 cm³/mol. The molecule has 5 heteroatoms. The lowest BCUT2D eigenvalue weighted by atomic mass is 9.87. The molecule has 0 heterocycles. The highest BCUT2D eigenvalue weighted by molar-refractivity contribution is 5.28.